The van der Waals surface area contributed by atoms with E-state index in [1.54, 1.807) is 0 Å². The molecule has 2 aromatic rings. The van der Waals surface area contributed by atoms with Gasteiger partial charge in [0.15, 0.2) is 0 Å². The number of hydrogen-bond donors (Lipinski definition) is 0. The summed E-state index contributed by atoms with van der Waals surface area (Å²) in [6.07, 6.45) is 4.09. The van der Waals surface area contributed by atoms with Crippen LogP contribution in [0.5, 0.6) is 5.75 Å². The maximum Gasteiger partial charge on any atom is 0.123 e. The molecule has 0 atom stereocenters. The fraction of sp³-hybridized carbons (Fsp3) is 0.455. The van der Waals surface area contributed by atoms with Crippen molar-refractivity contribution in [3.05, 3.63) is 64.7 Å². The van der Waals surface area contributed by atoms with Crippen LogP contribution in [0.3, 0.4) is 0 Å². The third-order valence-electron chi connectivity index (χ3n) is 4.43. The Morgan fingerprint density at radius 1 is 0.783 bits per heavy atom. The number of rotatable bonds is 7. The maximum atomic E-state index is 6.47. The summed E-state index contributed by atoms with van der Waals surface area (Å²) < 4.78 is 6.47. The number of benzene rings is 2. The van der Waals surface area contributed by atoms with Crippen molar-refractivity contribution in [2.24, 2.45) is 0 Å². The molecule has 0 bridgehead atoms. The Morgan fingerprint density at radius 3 is 2.00 bits per heavy atom. The van der Waals surface area contributed by atoms with E-state index in [1.165, 1.54) is 22.3 Å². The lowest BCUT2D eigenvalue weighted by molar-refractivity contribution is 0.108. The van der Waals surface area contributed by atoms with Crippen molar-refractivity contribution >= 4 is 0 Å². The first-order chi connectivity index (χ1) is 11.0. The Bertz CT molecular complexity index is 626. The van der Waals surface area contributed by atoms with E-state index in [-0.39, 0.29) is 5.60 Å². The SMILES string of the molecule is CCc1ccc(OC(C)(C)Cc2ccccc2)c(CC)c1CC. The molecule has 0 saturated heterocycles. The lowest BCUT2D eigenvalue weighted by Crippen LogP contribution is -2.31. The Morgan fingerprint density at radius 2 is 1.43 bits per heavy atom. The Hall–Kier alpha value is -1.76. The van der Waals surface area contributed by atoms with Gasteiger partial charge in [0.25, 0.3) is 0 Å². The molecule has 124 valence electrons. The zero-order chi connectivity index (χ0) is 16.9. The quantitative estimate of drug-likeness (QED) is 0.630. The van der Waals surface area contributed by atoms with Gasteiger partial charge in [-0.3, -0.25) is 0 Å². The smallest absolute Gasteiger partial charge is 0.123 e. The lowest BCUT2D eigenvalue weighted by atomic mass is 9.93. The molecular weight excluding hydrogens is 280 g/mol. The van der Waals surface area contributed by atoms with E-state index in [9.17, 15) is 0 Å². The zero-order valence-electron chi connectivity index (χ0n) is 15.3. The molecule has 2 aromatic carbocycles. The van der Waals surface area contributed by atoms with Gasteiger partial charge in [-0.15, -0.1) is 0 Å². The van der Waals surface area contributed by atoms with E-state index in [2.05, 4.69) is 77.1 Å². The first-order valence-electron chi connectivity index (χ1n) is 8.87. The second-order valence-corrected chi connectivity index (χ2v) is 6.76. The molecule has 0 aliphatic carbocycles. The van der Waals surface area contributed by atoms with Crippen LogP contribution < -0.4 is 4.74 Å². The van der Waals surface area contributed by atoms with Crippen LogP contribution in [0, 0.1) is 0 Å². The average Bonchev–Trinajstić information content (AvgIpc) is 2.54. The first kappa shape index (κ1) is 17.6. The molecular formula is C22H30O. The minimum Gasteiger partial charge on any atom is -0.487 e. The van der Waals surface area contributed by atoms with Gasteiger partial charge in [-0.25, -0.2) is 0 Å². The van der Waals surface area contributed by atoms with E-state index in [1.807, 2.05) is 0 Å². The summed E-state index contributed by atoms with van der Waals surface area (Å²) in [5.74, 6) is 1.06. The summed E-state index contributed by atoms with van der Waals surface area (Å²) in [7, 11) is 0. The van der Waals surface area contributed by atoms with Crippen LogP contribution in [-0.4, -0.2) is 5.60 Å². The third kappa shape index (κ3) is 4.37. The largest absolute Gasteiger partial charge is 0.487 e. The molecule has 0 unspecified atom stereocenters. The van der Waals surface area contributed by atoms with E-state index < -0.39 is 0 Å². The van der Waals surface area contributed by atoms with Crippen LogP contribution in [0.15, 0.2) is 42.5 Å². The summed E-state index contributed by atoms with van der Waals surface area (Å²) in [6, 6.07) is 15.0. The minimum absolute atomic E-state index is 0.218. The van der Waals surface area contributed by atoms with Crippen LogP contribution >= 0.6 is 0 Å². The molecule has 1 nitrogen and oxygen atoms in total. The number of hydrogen-bond acceptors (Lipinski definition) is 1. The Balaban J connectivity index is 2.28. The van der Waals surface area contributed by atoms with Crippen molar-refractivity contribution in [3.8, 4) is 5.75 Å². The lowest BCUT2D eigenvalue weighted by Gasteiger charge is -2.29. The molecule has 0 fully saturated rings. The van der Waals surface area contributed by atoms with Gasteiger partial charge in [0, 0.05) is 6.42 Å². The van der Waals surface area contributed by atoms with Crippen molar-refractivity contribution in [1.29, 1.82) is 0 Å². The van der Waals surface area contributed by atoms with Gasteiger partial charge in [-0.2, -0.15) is 0 Å². The van der Waals surface area contributed by atoms with Crippen LogP contribution in [-0.2, 0) is 25.7 Å². The second-order valence-electron chi connectivity index (χ2n) is 6.76. The van der Waals surface area contributed by atoms with Gasteiger partial charge in [-0.05, 0) is 61.4 Å². The summed E-state index contributed by atoms with van der Waals surface area (Å²) in [5.41, 5.74) is 5.41. The molecule has 0 amide bonds. The minimum atomic E-state index is -0.218. The molecule has 0 aliphatic rings. The normalized spacial score (nSPS) is 11.5. The monoisotopic (exact) mass is 310 g/mol. The highest BCUT2D eigenvalue weighted by molar-refractivity contribution is 5.45. The molecule has 1 heteroatoms. The highest BCUT2D eigenvalue weighted by Gasteiger charge is 2.23. The van der Waals surface area contributed by atoms with Gasteiger partial charge < -0.3 is 4.74 Å². The first-order valence-corrected chi connectivity index (χ1v) is 8.87. The second kappa shape index (κ2) is 7.68. The number of aryl methyl sites for hydroxylation is 1. The van der Waals surface area contributed by atoms with E-state index in [4.69, 9.17) is 4.74 Å². The van der Waals surface area contributed by atoms with Crippen molar-refractivity contribution in [2.75, 3.05) is 0 Å². The Labute approximate surface area is 141 Å². The molecule has 2 rings (SSSR count). The van der Waals surface area contributed by atoms with Crippen molar-refractivity contribution in [2.45, 2.75) is 65.9 Å². The predicted octanol–water partition coefficient (Wildman–Crippen LogP) is 5.77. The van der Waals surface area contributed by atoms with Gasteiger partial charge >= 0.3 is 0 Å². The summed E-state index contributed by atoms with van der Waals surface area (Å²) in [4.78, 5) is 0. The molecule has 23 heavy (non-hydrogen) atoms. The summed E-state index contributed by atoms with van der Waals surface area (Å²) in [5, 5.41) is 0. The van der Waals surface area contributed by atoms with E-state index >= 15 is 0 Å². The number of ether oxygens (including phenoxy) is 1. The van der Waals surface area contributed by atoms with Crippen LogP contribution in [0.4, 0.5) is 0 Å². The fourth-order valence-electron chi connectivity index (χ4n) is 3.40. The van der Waals surface area contributed by atoms with E-state index in [0.29, 0.717) is 0 Å². The molecule has 0 radical (unpaired) electrons. The van der Waals surface area contributed by atoms with Crippen molar-refractivity contribution in [3.63, 3.8) is 0 Å². The molecule has 0 aromatic heterocycles. The van der Waals surface area contributed by atoms with Crippen molar-refractivity contribution in [1.82, 2.24) is 0 Å². The molecule has 0 N–H and O–H groups in total. The zero-order valence-corrected chi connectivity index (χ0v) is 15.3. The fourth-order valence-corrected chi connectivity index (χ4v) is 3.40. The standard InChI is InChI=1S/C22H30O/c1-6-18-14-15-21(20(8-3)19(18)7-2)23-22(4,5)16-17-12-10-9-11-13-17/h9-15H,6-8,16H2,1-5H3. The highest BCUT2D eigenvalue weighted by atomic mass is 16.5. The van der Waals surface area contributed by atoms with Crippen LogP contribution in [0.2, 0.25) is 0 Å². The summed E-state index contributed by atoms with van der Waals surface area (Å²) >= 11 is 0. The van der Waals surface area contributed by atoms with Crippen LogP contribution in [0.1, 0.15) is 56.9 Å². The molecule has 0 aliphatic heterocycles. The van der Waals surface area contributed by atoms with Gasteiger partial charge in [0.2, 0.25) is 0 Å². The Kier molecular flexibility index (Phi) is 5.87. The average molecular weight is 310 g/mol. The van der Waals surface area contributed by atoms with Gasteiger partial charge in [0.1, 0.15) is 11.4 Å². The van der Waals surface area contributed by atoms with Crippen LogP contribution in [0.25, 0.3) is 0 Å². The molecule has 0 heterocycles. The topological polar surface area (TPSA) is 9.23 Å². The molecule has 0 saturated carbocycles. The van der Waals surface area contributed by atoms with Crippen molar-refractivity contribution < 1.29 is 4.74 Å². The molecule has 0 spiro atoms. The highest BCUT2D eigenvalue weighted by Crippen LogP contribution is 2.31. The maximum absolute atomic E-state index is 6.47. The third-order valence-corrected chi connectivity index (χ3v) is 4.43. The van der Waals surface area contributed by atoms with Gasteiger partial charge in [0.05, 0.1) is 0 Å². The van der Waals surface area contributed by atoms with Gasteiger partial charge in [-0.1, -0.05) is 57.2 Å². The predicted molar refractivity (Wildman–Crippen MR) is 99.4 cm³/mol. The summed E-state index contributed by atoms with van der Waals surface area (Å²) in [6.45, 7) is 11.1. The van der Waals surface area contributed by atoms with E-state index in [0.717, 1.165) is 31.4 Å².